The number of aliphatic imine (C=N–C) groups is 1. The minimum atomic E-state index is -2.05. The highest BCUT2D eigenvalue weighted by atomic mass is 16.4. The summed E-state index contributed by atoms with van der Waals surface area (Å²) >= 11 is 0. The maximum absolute atomic E-state index is 13.9. The molecule has 18 heteroatoms. The first-order valence-electron chi connectivity index (χ1n) is 15.0. The summed E-state index contributed by atoms with van der Waals surface area (Å²) in [4.78, 5) is 94.8. The normalized spacial score (nSPS) is 13.6. The van der Waals surface area contributed by atoms with Gasteiger partial charge in [-0.3, -0.25) is 38.7 Å². The van der Waals surface area contributed by atoms with E-state index in [4.69, 9.17) is 17.2 Å². The van der Waals surface area contributed by atoms with Crippen molar-refractivity contribution in [3.05, 3.63) is 29.8 Å². The number of nitrogens with one attached hydrogen (secondary N) is 3. The SMILES string of the molecule is CC(=O)N[C@@H](CCCN=C(N)N)C(=O)N(C(=O)C(C)(C)N)[C@@H](CC(=O)O)C(=O)N[C@H](C(=O)N[C@@H](Cc1ccc(O)cc1)C(=O)O)C(C)C. The first-order valence-corrected chi connectivity index (χ1v) is 15.0. The number of aliphatic carboxylic acids is 2. The number of nitrogens with zero attached hydrogens (tertiary/aromatic N) is 2. The van der Waals surface area contributed by atoms with Crippen LogP contribution in [-0.2, 0) is 40.0 Å². The van der Waals surface area contributed by atoms with Gasteiger partial charge in [0, 0.05) is 19.9 Å². The number of phenols is 1. The Kier molecular flexibility index (Phi) is 15.4. The van der Waals surface area contributed by atoms with Gasteiger partial charge in [-0.15, -0.1) is 0 Å². The molecule has 0 aliphatic rings. The van der Waals surface area contributed by atoms with Gasteiger partial charge in [-0.05, 0) is 50.3 Å². The molecule has 1 aromatic rings. The summed E-state index contributed by atoms with van der Waals surface area (Å²) < 4.78 is 0. The van der Waals surface area contributed by atoms with Gasteiger partial charge in [0.1, 0.15) is 29.9 Å². The molecule has 1 aromatic carbocycles. The summed E-state index contributed by atoms with van der Waals surface area (Å²) in [5.41, 5.74) is 15.3. The molecule has 0 unspecified atom stereocenters. The van der Waals surface area contributed by atoms with E-state index in [2.05, 4.69) is 20.9 Å². The van der Waals surface area contributed by atoms with Crippen LogP contribution in [0.5, 0.6) is 5.75 Å². The van der Waals surface area contributed by atoms with E-state index in [1.54, 1.807) is 0 Å². The van der Waals surface area contributed by atoms with Crippen LogP contribution in [0.2, 0.25) is 0 Å². The van der Waals surface area contributed by atoms with E-state index in [1.807, 2.05) is 0 Å². The van der Waals surface area contributed by atoms with Gasteiger partial charge in [0.15, 0.2) is 5.96 Å². The van der Waals surface area contributed by atoms with E-state index in [0.29, 0.717) is 10.5 Å². The molecule has 0 radical (unpaired) electrons. The summed E-state index contributed by atoms with van der Waals surface area (Å²) in [6, 6.07) is -0.809. The number of phenolic OH excluding ortho intramolecular Hbond substituents is 1. The molecule has 0 bridgehead atoms. The number of imide groups is 1. The van der Waals surface area contributed by atoms with Crippen LogP contribution >= 0.6 is 0 Å². The zero-order chi connectivity index (χ0) is 36.9. The van der Waals surface area contributed by atoms with Crippen molar-refractivity contribution in [1.29, 1.82) is 0 Å². The highest BCUT2D eigenvalue weighted by Crippen LogP contribution is 2.18. The van der Waals surface area contributed by atoms with Crippen LogP contribution in [-0.4, -0.2) is 104 Å². The Bertz CT molecular complexity index is 1370. The van der Waals surface area contributed by atoms with Crippen molar-refractivity contribution >= 4 is 47.4 Å². The summed E-state index contributed by atoms with van der Waals surface area (Å²) in [7, 11) is 0. The van der Waals surface area contributed by atoms with Crippen molar-refractivity contribution < 1.29 is 48.9 Å². The molecule has 48 heavy (non-hydrogen) atoms. The molecule has 4 atom stereocenters. The third-order valence-corrected chi connectivity index (χ3v) is 6.85. The van der Waals surface area contributed by atoms with Gasteiger partial charge in [-0.1, -0.05) is 26.0 Å². The topological polar surface area (TPSA) is 310 Å². The lowest BCUT2D eigenvalue weighted by atomic mass is 9.98. The van der Waals surface area contributed by atoms with E-state index < -0.39 is 83.5 Å². The lowest BCUT2D eigenvalue weighted by molar-refractivity contribution is -0.158. The Morgan fingerprint density at radius 3 is 1.96 bits per heavy atom. The molecule has 266 valence electrons. The average molecular weight is 679 g/mol. The van der Waals surface area contributed by atoms with Gasteiger partial charge in [-0.2, -0.15) is 0 Å². The number of aromatic hydroxyl groups is 1. The molecule has 0 saturated carbocycles. The molecule has 0 aliphatic carbocycles. The van der Waals surface area contributed by atoms with Gasteiger partial charge < -0.3 is 48.5 Å². The summed E-state index contributed by atoms with van der Waals surface area (Å²) in [6.45, 7) is 6.63. The van der Waals surface area contributed by atoms with Gasteiger partial charge >= 0.3 is 11.9 Å². The van der Waals surface area contributed by atoms with Gasteiger partial charge in [-0.25, -0.2) is 4.79 Å². The number of amides is 5. The van der Waals surface area contributed by atoms with Gasteiger partial charge in [0.25, 0.3) is 5.91 Å². The molecular weight excluding hydrogens is 632 g/mol. The summed E-state index contributed by atoms with van der Waals surface area (Å²) in [6.07, 6.45) is -1.29. The number of carboxylic acids is 2. The number of carbonyl (C=O) groups excluding carboxylic acids is 5. The van der Waals surface area contributed by atoms with Crippen molar-refractivity contribution in [1.82, 2.24) is 20.9 Å². The van der Waals surface area contributed by atoms with Crippen molar-refractivity contribution in [3.8, 4) is 5.75 Å². The monoisotopic (exact) mass is 678 g/mol. The third kappa shape index (κ3) is 13.2. The Morgan fingerprint density at radius 1 is 0.917 bits per heavy atom. The number of hydrogen-bond acceptors (Lipinski definition) is 10. The molecule has 0 aromatic heterocycles. The van der Waals surface area contributed by atoms with Crippen LogP contribution in [0.15, 0.2) is 29.3 Å². The second-order valence-electron chi connectivity index (χ2n) is 12.1. The maximum atomic E-state index is 13.9. The van der Waals surface area contributed by atoms with E-state index >= 15 is 0 Å². The number of carbonyl (C=O) groups is 7. The highest BCUT2D eigenvalue weighted by Gasteiger charge is 2.44. The number of hydrogen-bond donors (Lipinski definition) is 9. The van der Waals surface area contributed by atoms with Crippen molar-refractivity contribution in [2.45, 2.75) is 90.0 Å². The molecule has 18 nitrogen and oxygen atoms in total. The highest BCUT2D eigenvalue weighted by molar-refractivity contribution is 6.07. The zero-order valence-electron chi connectivity index (χ0n) is 27.6. The smallest absolute Gasteiger partial charge is 0.326 e. The standard InChI is InChI=1S/C30H46N8O10/c1-15(2)23(25(44)36-20(27(46)47)13-17-8-10-18(40)11-9-17)37-24(43)21(14-22(41)42)38(28(48)30(4,5)33)26(45)19(35-16(3)39)7-6-12-34-29(31)32/h8-11,15,19-21,23,40H,6-7,12-14,33H2,1-5H3,(H,35,39)(H,36,44)(H,37,43)(H,41,42)(H,46,47)(H4,31,32,34)/t19-,20-,21-,23-/m0/s1. The van der Waals surface area contributed by atoms with Crippen molar-refractivity contribution in [2.24, 2.45) is 28.1 Å². The fraction of sp³-hybridized carbons (Fsp3) is 0.533. The van der Waals surface area contributed by atoms with E-state index in [1.165, 1.54) is 52.0 Å². The Hall–Kier alpha value is -5.26. The zero-order valence-corrected chi connectivity index (χ0v) is 27.6. The van der Waals surface area contributed by atoms with Crippen LogP contribution in [0.25, 0.3) is 0 Å². The second kappa shape index (κ2) is 18.2. The van der Waals surface area contributed by atoms with E-state index in [9.17, 15) is 48.9 Å². The Morgan fingerprint density at radius 2 is 1.50 bits per heavy atom. The summed E-state index contributed by atoms with van der Waals surface area (Å²) in [5.74, 6) is -9.12. The maximum Gasteiger partial charge on any atom is 0.326 e. The molecular formula is C30H46N8O10. The van der Waals surface area contributed by atoms with Crippen LogP contribution in [0, 0.1) is 5.92 Å². The van der Waals surface area contributed by atoms with Crippen molar-refractivity contribution in [3.63, 3.8) is 0 Å². The fourth-order valence-electron chi connectivity index (χ4n) is 4.46. The number of carboxylic acid groups (broad SMARTS) is 2. The molecule has 0 heterocycles. The largest absolute Gasteiger partial charge is 0.508 e. The Balaban J connectivity index is 3.50. The van der Waals surface area contributed by atoms with Crippen molar-refractivity contribution in [2.75, 3.05) is 6.54 Å². The molecule has 1 rings (SSSR count). The number of guanidine groups is 1. The van der Waals surface area contributed by atoms with E-state index in [0.717, 1.165) is 6.92 Å². The predicted octanol–water partition coefficient (Wildman–Crippen LogP) is -1.86. The first kappa shape index (κ1) is 40.8. The molecule has 0 spiro atoms. The lowest BCUT2D eigenvalue weighted by Gasteiger charge is -2.36. The number of nitrogens with two attached hydrogens (primary N) is 3. The number of rotatable bonds is 18. The van der Waals surface area contributed by atoms with Gasteiger partial charge in [0.05, 0.1) is 12.0 Å². The molecule has 0 fully saturated rings. The Labute approximate surface area is 277 Å². The minimum Gasteiger partial charge on any atom is -0.508 e. The fourth-order valence-corrected chi connectivity index (χ4v) is 4.46. The molecule has 0 aliphatic heterocycles. The average Bonchev–Trinajstić information content (AvgIpc) is 2.96. The minimum absolute atomic E-state index is 0.0380. The van der Waals surface area contributed by atoms with Crippen LogP contribution in [0.1, 0.15) is 59.4 Å². The first-order chi connectivity index (χ1) is 22.1. The molecule has 0 saturated heterocycles. The molecule has 5 amide bonds. The van der Waals surface area contributed by atoms with Gasteiger partial charge in [0.2, 0.25) is 23.6 Å². The van der Waals surface area contributed by atoms with Crippen LogP contribution in [0.3, 0.4) is 0 Å². The summed E-state index contributed by atoms with van der Waals surface area (Å²) in [5, 5.41) is 36.1. The van der Waals surface area contributed by atoms with Crippen LogP contribution in [0.4, 0.5) is 0 Å². The predicted molar refractivity (Wildman–Crippen MR) is 172 cm³/mol. The molecule has 12 N–H and O–H groups in total. The third-order valence-electron chi connectivity index (χ3n) is 6.85. The number of benzene rings is 1. The second-order valence-corrected chi connectivity index (χ2v) is 12.1. The lowest BCUT2D eigenvalue weighted by Crippen LogP contribution is -2.65. The quantitative estimate of drug-likeness (QED) is 0.0468. The van der Waals surface area contributed by atoms with E-state index in [-0.39, 0.29) is 37.5 Å². The van der Waals surface area contributed by atoms with Crippen LogP contribution < -0.4 is 33.2 Å².